The van der Waals surface area contributed by atoms with Crippen molar-refractivity contribution in [1.82, 2.24) is 9.97 Å². The average Bonchev–Trinajstić information content (AvgIpc) is 2.43. The fourth-order valence-corrected chi connectivity index (χ4v) is 1.76. The number of nitrogens with zero attached hydrogens (tertiary/aromatic N) is 2. The van der Waals surface area contributed by atoms with E-state index in [9.17, 15) is 0 Å². The molecule has 0 unspecified atom stereocenters. The van der Waals surface area contributed by atoms with Gasteiger partial charge in [-0.05, 0) is 23.3 Å². The van der Waals surface area contributed by atoms with Crippen LogP contribution < -0.4 is 11.1 Å². The predicted octanol–water partition coefficient (Wildman–Crippen LogP) is 1.44. The van der Waals surface area contributed by atoms with E-state index in [1.165, 1.54) is 6.33 Å². The number of hydrogen-bond acceptors (Lipinski definition) is 6. The summed E-state index contributed by atoms with van der Waals surface area (Å²) in [4.78, 5) is 7.75. The van der Waals surface area contributed by atoms with Crippen LogP contribution in [0.5, 0.6) is 0 Å². The van der Waals surface area contributed by atoms with E-state index < -0.39 is 0 Å². The Labute approximate surface area is 114 Å². The molecule has 5 N–H and O–H groups in total. The van der Waals surface area contributed by atoms with E-state index in [0.717, 1.165) is 0 Å². The molecule has 0 amide bonds. The Morgan fingerprint density at radius 3 is 2.32 bits per heavy atom. The number of rotatable bonds is 4. The molecule has 1 heterocycles. The SMILES string of the molecule is Nc1c(Cl)ncnc1Nc1cc(CO)cc(CO)c1. The topological polar surface area (TPSA) is 104 Å². The molecule has 1 aromatic heterocycles. The number of aliphatic hydroxyl groups excluding tert-OH is 2. The maximum absolute atomic E-state index is 9.17. The van der Waals surface area contributed by atoms with Gasteiger partial charge in [0.25, 0.3) is 0 Å². The molecule has 100 valence electrons. The quantitative estimate of drug-likeness (QED) is 0.632. The maximum atomic E-state index is 9.17. The number of nitrogens with one attached hydrogen (secondary N) is 1. The summed E-state index contributed by atoms with van der Waals surface area (Å²) in [5.41, 5.74) is 7.99. The molecule has 0 bridgehead atoms. The third kappa shape index (κ3) is 3.11. The minimum absolute atomic E-state index is 0.122. The Bertz CT molecular complexity index is 570. The van der Waals surface area contributed by atoms with Crippen molar-refractivity contribution >= 4 is 28.8 Å². The van der Waals surface area contributed by atoms with E-state index in [1.807, 2.05) is 0 Å². The Kier molecular flexibility index (Phi) is 4.16. The van der Waals surface area contributed by atoms with Gasteiger partial charge in [0.2, 0.25) is 0 Å². The van der Waals surface area contributed by atoms with E-state index in [2.05, 4.69) is 15.3 Å². The lowest BCUT2D eigenvalue weighted by Gasteiger charge is -2.11. The van der Waals surface area contributed by atoms with Crippen molar-refractivity contribution in [3.8, 4) is 0 Å². The number of benzene rings is 1. The zero-order valence-electron chi connectivity index (χ0n) is 9.97. The van der Waals surface area contributed by atoms with Gasteiger partial charge < -0.3 is 21.3 Å². The summed E-state index contributed by atoms with van der Waals surface area (Å²) in [6.07, 6.45) is 1.30. The number of anilines is 3. The number of nitrogens with two attached hydrogens (primary N) is 1. The largest absolute Gasteiger partial charge is 0.393 e. The molecule has 7 heteroatoms. The van der Waals surface area contributed by atoms with Gasteiger partial charge in [0.05, 0.1) is 13.2 Å². The molecular formula is C12H13ClN4O2. The van der Waals surface area contributed by atoms with Crippen LogP contribution in [0.3, 0.4) is 0 Å². The van der Waals surface area contributed by atoms with Crippen molar-refractivity contribution in [1.29, 1.82) is 0 Å². The van der Waals surface area contributed by atoms with Crippen LogP contribution in [0, 0.1) is 0 Å². The van der Waals surface area contributed by atoms with E-state index >= 15 is 0 Å². The van der Waals surface area contributed by atoms with Gasteiger partial charge in [0, 0.05) is 5.69 Å². The third-order valence-corrected chi connectivity index (χ3v) is 2.82. The van der Waals surface area contributed by atoms with Crippen molar-refractivity contribution in [2.24, 2.45) is 0 Å². The fraction of sp³-hybridized carbons (Fsp3) is 0.167. The zero-order valence-corrected chi connectivity index (χ0v) is 10.7. The summed E-state index contributed by atoms with van der Waals surface area (Å²) in [5, 5.41) is 21.5. The minimum Gasteiger partial charge on any atom is -0.393 e. The van der Waals surface area contributed by atoms with E-state index in [0.29, 0.717) is 22.6 Å². The monoisotopic (exact) mass is 280 g/mol. The van der Waals surface area contributed by atoms with Crippen LogP contribution >= 0.6 is 11.6 Å². The predicted molar refractivity (Wildman–Crippen MR) is 73.0 cm³/mol. The highest BCUT2D eigenvalue weighted by atomic mass is 35.5. The number of aliphatic hydroxyl groups is 2. The molecule has 0 aliphatic carbocycles. The lowest BCUT2D eigenvalue weighted by atomic mass is 10.1. The van der Waals surface area contributed by atoms with Crippen LogP contribution in [0.2, 0.25) is 5.15 Å². The number of nitrogen functional groups attached to an aromatic ring is 1. The molecule has 0 aliphatic rings. The first-order valence-electron chi connectivity index (χ1n) is 5.51. The Balaban J connectivity index is 2.34. The van der Waals surface area contributed by atoms with Crippen LogP contribution in [0.15, 0.2) is 24.5 Å². The second-order valence-corrected chi connectivity index (χ2v) is 4.26. The second-order valence-electron chi connectivity index (χ2n) is 3.91. The molecule has 0 radical (unpaired) electrons. The highest BCUT2D eigenvalue weighted by molar-refractivity contribution is 6.32. The van der Waals surface area contributed by atoms with Gasteiger partial charge in [0.1, 0.15) is 12.0 Å². The summed E-state index contributed by atoms with van der Waals surface area (Å²) >= 11 is 5.80. The van der Waals surface area contributed by atoms with Crippen LogP contribution in [0.25, 0.3) is 0 Å². The van der Waals surface area contributed by atoms with E-state index in [-0.39, 0.29) is 24.1 Å². The number of halogens is 1. The normalized spacial score (nSPS) is 10.5. The lowest BCUT2D eigenvalue weighted by Crippen LogP contribution is -2.02. The number of aromatic nitrogens is 2. The highest BCUT2D eigenvalue weighted by Crippen LogP contribution is 2.26. The number of hydrogen-bond donors (Lipinski definition) is 4. The van der Waals surface area contributed by atoms with Gasteiger partial charge in [-0.25, -0.2) is 9.97 Å². The summed E-state index contributed by atoms with van der Waals surface area (Å²) in [7, 11) is 0. The first-order chi connectivity index (χ1) is 9.13. The smallest absolute Gasteiger partial charge is 0.158 e. The first kappa shape index (κ1) is 13.5. The van der Waals surface area contributed by atoms with Gasteiger partial charge in [0.15, 0.2) is 11.0 Å². The van der Waals surface area contributed by atoms with Crippen LogP contribution in [0.1, 0.15) is 11.1 Å². The molecule has 2 rings (SSSR count). The van der Waals surface area contributed by atoms with Crippen molar-refractivity contribution < 1.29 is 10.2 Å². The maximum Gasteiger partial charge on any atom is 0.158 e. The molecular weight excluding hydrogens is 268 g/mol. The van der Waals surface area contributed by atoms with Crippen LogP contribution in [-0.2, 0) is 13.2 Å². The van der Waals surface area contributed by atoms with Gasteiger partial charge >= 0.3 is 0 Å². The van der Waals surface area contributed by atoms with Gasteiger partial charge in [-0.3, -0.25) is 0 Å². The molecule has 0 saturated heterocycles. The van der Waals surface area contributed by atoms with Gasteiger partial charge in [-0.1, -0.05) is 17.7 Å². The minimum atomic E-state index is -0.122. The van der Waals surface area contributed by atoms with Crippen LogP contribution in [0.4, 0.5) is 17.2 Å². The molecule has 0 atom stereocenters. The molecule has 0 fully saturated rings. The zero-order chi connectivity index (χ0) is 13.8. The highest BCUT2D eigenvalue weighted by Gasteiger charge is 2.07. The Morgan fingerprint density at radius 1 is 1.11 bits per heavy atom. The van der Waals surface area contributed by atoms with Crippen molar-refractivity contribution in [3.05, 3.63) is 40.8 Å². The molecule has 6 nitrogen and oxygen atoms in total. The molecule has 1 aromatic carbocycles. The summed E-state index contributed by atoms with van der Waals surface area (Å²) in [5.74, 6) is 0.374. The average molecular weight is 281 g/mol. The van der Waals surface area contributed by atoms with Crippen LogP contribution in [-0.4, -0.2) is 20.2 Å². The summed E-state index contributed by atoms with van der Waals surface area (Å²) in [6.45, 7) is -0.245. The lowest BCUT2D eigenvalue weighted by molar-refractivity contribution is 0.275. The third-order valence-electron chi connectivity index (χ3n) is 2.52. The summed E-state index contributed by atoms with van der Waals surface area (Å²) in [6, 6.07) is 5.17. The standard InChI is InChI=1S/C12H13ClN4O2/c13-11-10(14)12(16-6-15-11)17-9-2-7(4-18)1-8(3-9)5-19/h1-3,6,18-19H,4-5,14H2,(H,15,16,17). The molecule has 0 spiro atoms. The Morgan fingerprint density at radius 2 is 1.74 bits per heavy atom. The molecule has 0 saturated carbocycles. The van der Waals surface area contributed by atoms with Crippen molar-refractivity contribution in [2.75, 3.05) is 11.1 Å². The Hall–Kier alpha value is -1.89. The van der Waals surface area contributed by atoms with Crippen molar-refractivity contribution in [2.45, 2.75) is 13.2 Å². The van der Waals surface area contributed by atoms with Gasteiger partial charge in [-0.2, -0.15) is 0 Å². The summed E-state index contributed by atoms with van der Waals surface area (Å²) < 4.78 is 0. The van der Waals surface area contributed by atoms with Gasteiger partial charge in [-0.15, -0.1) is 0 Å². The molecule has 0 aliphatic heterocycles. The van der Waals surface area contributed by atoms with E-state index in [4.69, 9.17) is 27.5 Å². The molecule has 2 aromatic rings. The van der Waals surface area contributed by atoms with Crippen molar-refractivity contribution in [3.63, 3.8) is 0 Å². The van der Waals surface area contributed by atoms with E-state index in [1.54, 1.807) is 18.2 Å². The molecule has 19 heavy (non-hydrogen) atoms. The fourth-order valence-electron chi connectivity index (χ4n) is 1.63. The first-order valence-corrected chi connectivity index (χ1v) is 5.89. The second kappa shape index (κ2) is 5.83.